The lowest BCUT2D eigenvalue weighted by molar-refractivity contribution is -0.136. The van der Waals surface area contributed by atoms with E-state index in [0.29, 0.717) is 29.4 Å². The van der Waals surface area contributed by atoms with Crippen LogP contribution in [0.2, 0.25) is 0 Å². The molecule has 0 aliphatic heterocycles. The lowest BCUT2D eigenvalue weighted by Crippen LogP contribution is -2.32. The maximum Gasteiger partial charge on any atom is 0.347 e. The molecular weight excluding hydrogens is 438 g/mol. The van der Waals surface area contributed by atoms with Crippen molar-refractivity contribution >= 4 is 29.7 Å². The number of nitrogens with zero attached hydrogens (tertiary/aromatic N) is 1. The van der Waals surface area contributed by atoms with Crippen LogP contribution in [0.1, 0.15) is 22.8 Å². The average molecular weight is 461 g/mol. The Kier molecular flexibility index (Phi) is 8.34. The first kappa shape index (κ1) is 24.0. The molecule has 0 heterocycles. The van der Waals surface area contributed by atoms with Crippen molar-refractivity contribution in [1.82, 2.24) is 5.43 Å². The molecule has 0 aliphatic rings. The van der Waals surface area contributed by atoms with E-state index in [2.05, 4.69) is 15.8 Å². The van der Waals surface area contributed by atoms with Crippen molar-refractivity contribution in [2.75, 3.05) is 19.0 Å². The molecule has 0 atom stereocenters. The first-order valence-electron chi connectivity index (χ1n) is 10.3. The number of ether oxygens (including phenoxy) is 3. The molecule has 174 valence electrons. The van der Waals surface area contributed by atoms with E-state index >= 15 is 0 Å². The van der Waals surface area contributed by atoms with Gasteiger partial charge in [-0.2, -0.15) is 5.10 Å². The van der Waals surface area contributed by atoms with Crippen molar-refractivity contribution in [2.45, 2.75) is 6.92 Å². The standard InChI is InChI=1S/C25H23N3O6/c1-3-33-22-15-9-6-12-19(22)27-23(29)24(30)28-26-16-17-10-4-7-13-20(17)34-25(31)18-11-5-8-14-21(18)32-2/h4-16H,3H2,1-2H3,(H,27,29)(H,28,30)/b26-16+. The smallest absolute Gasteiger partial charge is 0.347 e. The molecule has 0 saturated heterocycles. The molecule has 0 radical (unpaired) electrons. The zero-order chi connectivity index (χ0) is 24.3. The first-order valence-corrected chi connectivity index (χ1v) is 10.3. The van der Waals surface area contributed by atoms with Gasteiger partial charge in [0, 0.05) is 5.56 Å². The molecule has 0 aromatic heterocycles. The molecule has 2 N–H and O–H groups in total. The number of nitrogens with one attached hydrogen (secondary N) is 2. The normalized spacial score (nSPS) is 10.4. The number of hydrogen-bond donors (Lipinski definition) is 2. The zero-order valence-corrected chi connectivity index (χ0v) is 18.6. The Balaban J connectivity index is 1.65. The number of anilines is 1. The third-order valence-electron chi connectivity index (χ3n) is 4.46. The number of amides is 2. The van der Waals surface area contributed by atoms with Gasteiger partial charge in [0.25, 0.3) is 0 Å². The molecule has 0 fully saturated rings. The van der Waals surface area contributed by atoms with Crippen LogP contribution in [0, 0.1) is 0 Å². The van der Waals surface area contributed by atoms with Gasteiger partial charge < -0.3 is 19.5 Å². The molecule has 3 aromatic rings. The van der Waals surface area contributed by atoms with Gasteiger partial charge in [0.15, 0.2) is 0 Å². The second-order valence-electron chi connectivity index (χ2n) is 6.71. The Morgan fingerprint density at radius 2 is 1.50 bits per heavy atom. The van der Waals surface area contributed by atoms with E-state index in [9.17, 15) is 14.4 Å². The highest BCUT2D eigenvalue weighted by Gasteiger charge is 2.17. The number of benzene rings is 3. The van der Waals surface area contributed by atoms with Crippen LogP contribution >= 0.6 is 0 Å². The topological polar surface area (TPSA) is 115 Å². The quantitative estimate of drug-likeness (QED) is 0.175. The van der Waals surface area contributed by atoms with Gasteiger partial charge in [-0.15, -0.1) is 0 Å². The zero-order valence-electron chi connectivity index (χ0n) is 18.6. The van der Waals surface area contributed by atoms with Gasteiger partial charge in [0.2, 0.25) is 0 Å². The molecule has 0 unspecified atom stereocenters. The summed E-state index contributed by atoms with van der Waals surface area (Å²) >= 11 is 0. The van der Waals surface area contributed by atoms with Crippen LogP contribution in [-0.4, -0.2) is 37.7 Å². The number of rotatable bonds is 8. The molecule has 3 aromatic carbocycles. The van der Waals surface area contributed by atoms with Crippen LogP contribution < -0.4 is 25.0 Å². The predicted molar refractivity (Wildman–Crippen MR) is 126 cm³/mol. The molecular formula is C25H23N3O6. The Bertz CT molecular complexity index is 1210. The molecule has 34 heavy (non-hydrogen) atoms. The summed E-state index contributed by atoms with van der Waals surface area (Å²) in [7, 11) is 1.46. The van der Waals surface area contributed by atoms with Crippen molar-refractivity contribution in [1.29, 1.82) is 0 Å². The maximum atomic E-state index is 12.6. The lowest BCUT2D eigenvalue weighted by Gasteiger charge is -2.10. The molecule has 9 nitrogen and oxygen atoms in total. The van der Waals surface area contributed by atoms with Crippen molar-refractivity contribution < 1.29 is 28.6 Å². The molecule has 0 bridgehead atoms. The average Bonchev–Trinajstić information content (AvgIpc) is 2.86. The van der Waals surface area contributed by atoms with Crippen molar-refractivity contribution in [3.63, 3.8) is 0 Å². The molecule has 0 aliphatic carbocycles. The summed E-state index contributed by atoms with van der Waals surface area (Å²) in [6.45, 7) is 2.22. The Hall–Kier alpha value is -4.66. The minimum atomic E-state index is -0.981. The van der Waals surface area contributed by atoms with Gasteiger partial charge in [-0.25, -0.2) is 10.2 Å². The van der Waals surface area contributed by atoms with Crippen LogP contribution in [0.5, 0.6) is 17.2 Å². The summed E-state index contributed by atoms with van der Waals surface area (Å²) < 4.78 is 16.1. The summed E-state index contributed by atoms with van der Waals surface area (Å²) in [5.41, 5.74) is 3.18. The highest BCUT2D eigenvalue weighted by atomic mass is 16.5. The molecule has 3 rings (SSSR count). The van der Waals surface area contributed by atoms with E-state index < -0.39 is 17.8 Å². The van der Waals surface area contributed by atoms with Gasteiger partial charge in [-0.05, 0) is 43.3 Å². The molecule has 9 heteroatoms. The first-order chi connectivity index (χ1) is 16.5. The number of methoxy groups -OCH3 is 1. The van der Waals surface area contributed by atoms with E-state index in [1.807, 2.05) is 6.92 Å². The Labute approximate surface area is 196 Å². The fraction of sp³-hybridized carbons (Fsp3) is 0.120. The minimum absolute atomic E-state index is 0.214. The van der Waals surface area contributed by atoms with Crippen LogP contribution in [0.4, 0.5) is 5.69 Å². The molecule has 2 amide bonds. The maximum absolute atomic E-state index is 12.6. The fourth-order valence-electron chi connectivity index (χ4n) is 2.89. The van der Waals surface area contributed by atoms with Crippen molar-refractivity contribution in [3.8, 4) is 17.2 Å². The van der Waals surface area contributed by atoms with Crippen LogP contribution in [0.25, 0.3) is 0 Å². The predicted octanol–water partition coefficient (Wildman–Crippen LogP) is 3.40. The Morgan fingerprint density at radius 1 is 0.853 bits per heavy atom. The summed E-state index contributed by atoms with van der Waals surface area (Å²) in [6.07, 6.45) is 1.27. The van der Waals surface area contributed by atoms with Crippen LogP contribution in [-0.2, 0) is 9.59 Å². The lowest BCUT2D eigenvalue weighted by atomic mass is 10.2. The number of carbonyl (C=O) groups excluding carboxylic acids is 3. The number of carbonyl (C=O) groups is 3. The minimum Gasteiger partial charge on any atom is -0.496 e. The van der Waals surface area contributed by atoms with Gasteiger partial charge in [-0.3, -0.25) is 9.59 Å². The highest BCUT2D eigenvalue weighted by Crippen LogP contribution is 2.24. The summed E-state index contributed by atoms with van der Waals surface area (Å²) in [6, 6.07) is 20.0. The summed E-state index contributed by atoms with van der Waals surface area (Å²) in [4.78, 5) is 36.9. The van der Waals surface area contributed by atoms with E-state index in [1.165, 1.54) is 13.3 Å². The van der Waals surface area contributed by atoms with Crippen molar-refractivity contribution in [2.24, 2.45) is 5.10 Å². The number of hydrogen-bond acceptors (Lipinski definition) is 7. The van der Waals surface area contributed by atoms with Gasteiger partial charge in [-0.1, -0.05) is 36.4 Å². The van der Waals surface area contributed by atoms with Gasteiger partial charge in [0.1, 0.15) is 22.8 Å². The van der Waals surface area contributed by atoms with Crippen LogP contribution in [0.15, 0.2) is 77.9 Å². The van der Waals surface area contributed by atoms with E-state index in [-0.39, 0.29) is 11.3 Å². The largest absolute Gasteiger partial charge is 0.496 e. The SMILES string of the molecule is CCOc1ccccc1NC(=O)C(=O)N/N=C/c1ccccc1OC(=O)c1ccccc1OC. The number of hydrazone groups is 1. The second-order valence-corrected chi connectivity index (χ2v) is 6.71. The second kappa shape index (κ2) is 11.8. The van der Waals surface area contributed by atoms with Crippen LogP contribution in [0.3, 0.4) is 0 Å². The molecule has 0 saturated carbocycles. The van der Waals surface area contributed by atoms with Gasteiger partial charge in [0.05, 0.1) is 25.6 Å². The summed E-state index contributed by atoms with van der Waals surface area (Å²) in [5.74, 6) is -1.48. The third-order valence-corrected chi connectivity index (χ3v) is 4.46. The number of para-hydroxylation sites is 4. The molecule has 0 spiro atoms. The van der Waals surface area contributed by atoms with E-state index in [4.69, 9.17) is 14.2 Å². The summed E-state index contributed by atoms with van der Waals surface area (Å²) in [5, 5.41) is 6.28. The highest BCUT2D eigenvalue weighted by molar-refractivity contribution is 6.39. The van der Waals surface area contributed by atoms with Gasteiger partial charge >= 0.3 is 17.8 Å². The van der Waals surface area contributed by atoms with Crippen molar-refractivity contribution in [3.05, 3.63) is 83.9 Å². The van der Waals surface area contributed by atoms with E-state index in [1.54, 1.807) is 72.8 Å². The Morgan fingerprint density at radius 3 is 2.24 bits per heavy atom. The number of esters is 1. The van der Waals surface area contributed by atoms with E-state index in [0.717, 1.165) is 0 Å². The third kappa shape index (κ3) is 6.19. The fourth-order valence-corrected chi connectivity index (χ4v) is 2.89. The monoisotopic (exact) mass is 461 g/mol.